The van der Waals surface area contributed by atoms with Crippen molar-refractivity contribution in [2.75, 3.05) is 11.9 Å². The average molecular weight is 555 g/mol. The second kappa shape index (κ2) is 10.7. The number of carboxylic acids is 2. The Balaban J connectivity index is 2.14. The highest BCUT2D eigenvalue weighted by atomic mass is 19.4. The van der Waals surface area contributed by atoms with Crippen LogP contribution in [0.15, 0.2) is 18.2 Å². The van der Waals surface area contributed by atoms with Crippen molar-refractivity contribution in [3.63, 3.8) is 0 Å². The molecule has 1 aliphatic rings. The first kappa shape index (κ1) is 29.6. The molecule has 212 valence electrons. The molecule has 3 rings (SSSR count). The van der Waals surface area contributed by atoms with Gasteiger partial charge in [-0.15, -0.1) is 0 Å². The number of aromatic nitrogens is 2. The monoisotopic (exact) mass is 554 g/mol. The van der Waals surface area contributed by atoms with Crippen LogP contribution in [0, 0.1) is 5.41 Å². The van der Waals surface area contributed by atoms with E-state index in [4.69, 9.17) is 10.8 Å². The molecule has 1 unspecified atom stereocenters. The van der Waals surface area contributed by atoms with E-state index in [9.17, 15) is 42.6 Å². The van der Waals surface area contributed by atoms with Gasteiger partial charge in [0.15, 0.2) is 17.0 Å². The van der Waals surface area contributed by atoms with E-state index < -0.39 is 58.6 Å². The van der Waals surface area contributed by atoms with Crippen molar-refractivity contribution in [1.29, 1.82) is 0 Å². The highest BCUT2D eigenvalue weighted by Crippen LogP contribution is 2.42. The van der Waals surface area contributed by atoms with Crippen LogP contribution in [0.25, 0.3) is 5.69 Å². The van der Waals surface area contributed by atoms with Gasteiger partial charge in [0.25, 0.3) is 5.91 Å². The number of primary amides is 1. The van der Waals surface area contributed by atoms with Crippen LogP contribution in [0.1, 0.15) is 78.1 Å². The maximum absolute atomic E-state index is 13.8. The van der Waals surface area contributed by atoms with Crippen molar-refractivity contribution in [2.24, 2.45) is 11.1 Å². The highest BCUT2D eigenvalue weighted by molar-refractivity contribution is 6.01. The minimum atomic E-state index is -4.92. The molecule has 2 aromatic rings. The number of alkyl halides is 3. The van der Waals surface area contributed by atoms with Gasteiger partial charge >= 0.3 is 18.1 Å². The van der Waals surface area contributed by atoms with E-state index >= 15 is 0 Å². The van der Waals surface area contributed by atoms with Gasteiger partial charge in [0.2, 0.25) is 0 Å². The molecule has 0 radical (unpaired) electrons. The fourth-order valence-electron chi connectivity index (χ4n) is 4.71. The Morgan fingerprint density at radius 1 is 1.15 bits per heavy atom. The summed E-state index contributed by atoms with van der Waals surface area (Å²) in [5.74, 6) is -4.29. The summed E-state index contributed by atoms with van der Waals surface area (Å²) in [6.45, 7) is 2.50. The summed E-state index contributed by atoms with van der Waals surface area (Å²) < 4.78 is 42.5. The lowest BCUT2D eigenvalue weighted by Crippen LogP contribution is -2.50. The standard InChI is InChI=1S/C25H29F3N4O7/c1-23(2)10-16-19(17(34)11-23)20(25(26,27)28)31-32(16)13-6-7-14(21(29)37)15(9-13)30-24(12-33,22(38)39)8-4-3-5-18(35)36/h6-7,9,30,33H,3-5,8,10-12H2,1-2H3,(H2,29,37)(H,35,36)(H,38,39). The van der Waals surface area contributed by atoms with Crippen LogP contribution in [-0.2, 0) is 22.2 Å². The molecule has 0 saturated heterocycles. The van der Waals surface area contributed by atoms with Crippen molar-refractivity contribution in [3.05, 3.63) is 40.7 Å². The summed E-state index contributed by atoms with van der Waals surface area (Å²) in [6.07, 6.45) is -5.24. The number of carboxylic acid groups (broad SMARTS) is 2. The zero-order valence-electron chi connectivity index (χ0n) is 21.3. The molecule has 1 aromatic heterocycles. The fourth-order valence-corrected chi connectivity index (χ4v) is 4.71. The van der Waals surface area contributed by atoms with Gasteiger partial charge in [-0.3, -0.25) is 14.4 Å². The topological polar surface area (TPSA) is 185 Å². The summed E-state index contributed by atoms with van der Waals surface area (Å²) in [4.78, 5) is 47.9. The molecular weight excluding hydrogens is 525 g/mol. The quantitative estimate of drug-likeness (QED) is 0.260. The third kappa shape index (κ3) is 6.21. The van der Waals surface area contributed by atoms with E-state index in [1.54, 1.807) is 13.8 Å². The summed E-state index contributed by atoms with van der Waals surface area (Å²) in [5, 5.41) is 35.1. The summed E-state index contributed by atoms with van der Waals surface area (Å²) in [5.41, 5.74) is 0.426. The predicted octanol–water partition coefficient (Wildman–Crippen LogP) is 3.02. The molecule has 1 atom stereocenters. The van der Waals surface area contributed by atoms with E-state index in [0.29, 0.717) is 0 Å². The maximum atomic E-state index is 13.8. The fraction of sp³-hybridized carbons (Fsp3) is 0.480. The lowest BCUT2D eigenvalue weighted by atomic mass is 9.75. The lowest BCUT2D eigenvalue weighted by Gasteiger charge is -2.31. The number of anilines is 1. The Hall–Kier alpha value is -3.94. The molecule has 1 heterocycles. The molecule has 0 bridgehead atoms. The average Bonchev–Trinajstić information content (AvgIpc) is 3.19. The number of halogens is 3. The molecule has 0 aliphatic heterocycles. The van der Waals surface area contributed by atoms with E-state index in [2.05, 4.69) is 10.4 Å². The van der Waals surface area contributed by atoms with E-state index in [1.165, 1.54) is 18.2 Å². The Morgan fingerprint density at radius 3 is 2.36 bits per heavy atom. The van der Waals surface area contributed by atoms with Crippen LogP contribution in [0.3, 0.4) is 0 Å². The van der Waals surface area contributed by atoms with Crippen molar-refractivity contribution in [3.8, 4) is 5.69 Å². The first-order valence-corrected chi connectivity index (χ1v) is 12.0. The molecule has 1 amide bonds. The second-order valence-corrected chi connectivity index (χ2v) is 10.4. The zero-order valence-corrected chi connectivity index (χ0v) is 21.3. The number of nitrogens with one attached hydrogen (secondary N) is 1. The van der Waals surface area contributed by atoms with Crippen molar-refractivity contribution in [1.82, 2.24) is 9.78 Å². The molecule has 0 fully saturated rings. The van der Waals surface area contributed by atoms with Crippen LogP contribution < -0.4 is 11.1 Å². The number of Topliss-reactive ketones (excluding diaryl/α,β-unsaturated/α-hetero) is 1. The molecule has 0 saturated carbocycles. The number of hydrogen-bond donors (Lipinski definition) is 5. The van der Waals surface area contributed by atoms with Gasteiger partial charge in [-0.1, -0.05) is 13.8 Å². The van der Waals surface area contributed by atoms with Gasteiger partial charge in [-0.2, -0.15) is 18.3 Å². The number of unbranched alkanes of at least 4 members (excludes halogenated alkanes) is 1. The van der Waals surface area contributed by atoms with E-state index in [-0.39, 0.29) is 61.2 Å². The molecule has 1 aromatic carbocycles. The number of nitrogens with zero attached hydrogens (tertiary/aromatic N) is 2. The van der Waals surface area contributed by atoms with Crippen LogP contribution >= 0.6 is 0 Å². The molecule has 1 aliphatic carbocycles. The largest absolute Gasteiger partial charge is 0.481 e. The summed E-state index contributed by atoms with van der Waals surface area (Å²) in [6, 6.07) is 3.61. The minimum absolute atomic E-state index is 0.0112. The molecule has 11 nitrogen and oxygen atoms in total. The van der Waals surface area contributed by atoms with Crippen LogP contribution in [0.4, 0.5) is 18.9 Å². The van der Waals surface area contributed by atoms with Crippen molar-refractivity contribution < 1.29 is 47.7 Å². The van der Waals surface area contributed by atoms with E-state index in [1.807, 2.05) is 0 Å². The third-order valence-corrected chi connectivity index (χ3v) is 6.62. The van der Waals surface area contributed by atoms with Crippen molar-refractivity contribution >= 4 is 29.3 Å². The molecule has 14 heteroatoms. The van der Waals surface area contributed by atoms with Crippen LogP contribution in [-0.4, -0.2) is 60.9 Å². The number of aliphatic hydroxyl groups excluding tert-OH is 1. The number of rotatable bonds is 11. The second-order valence-electron chi connectivity index (χ2n) is 10.4. The van der Waals surface area contributed by atoms with Gasteiger partial charge in [0.05, 0.1) is 34.8 Å². The third-order valence-electron chi connectivity index (χ3n) is 6.62. The van der Waals surface area contributed by atoms with Crippen LogP contribution in [0.2, 0.25) is 0 Å². The Bertz CT molecular complexity index is 1320. The normalized spacial score (nSPS) is 16.3. The molecule has 6 N–H and O–H groups in total. The van der Waals surface area contributed by atoms with Gasteiger partial charge in [-0.25, -0.2) is 9.48 Å². The predicted molar refractivity (Wildman–Crippen MR) is 131 cm³/mol. The SMILES string of the molecule is CC1(C)CC(=O)c2c(C(F)(F)F)nn(-c3ccc(C(N)=O)c(NC(CO)(CCCCC(=O)O)C(=O)O)c3)c2C1. The van der Waals surface area contributed by atoms with Crippen molar-refractivity contribution in [2.45, 2.75) is 64.1 Å². The minimum Gasteiger partial charge on any atom is -0.481 e. The number of aliphatic carboxylic acids is 2. The first-order valence-electron chi connectivity index (χ1n) is 12.0. The number of fused-ring (bicyclic) bond motifs is 1. The van der Waals surface area contributed by atoms with Gasteiger partial charge in [-0.05, 0) is 49.3 Å². The Kier molecular flexibility index (Phi) is 8.10. The molecular formula is C25H29F3N4O7. The number of ketones is 1. The highest BCUT2D eigenvalue weighted by Gasteiger charge is 2.45. The lowest BCUT2D eigenvalue weighted by molar-refractivity contribution is -0.144. The van der Waals surface area contributed by atoms with E-state index in [0.717, 1.165) is 4.68 Å². The number of aliphatic hydroxyl groups is 1. The Labute approximate surface area is 220 Å². The smallest absolute Gasteiger partial charge is 0.435 e. The van der Waals surface area contributed by atoms with Gasteiger partial charge in [0, 0.05) is 12.8 Å². The number of hydrogen-bond acceptors (Lipinski definition) is 7. The first-order chi connectivity index (χ1) is 18.0. The number of nitrogens with two attached hydrogens (primary N) is 1. The van der Waals surface area contributed by atoms with Gasteiger partial charge in [0.1, 0.15) is 0 Å². The molecule has 39 heavy (non-hydrogen) atoms. The maximum Gasteiger partial charge on any atom is 0.435 e. The number of amides is 1. The summed E-state index contributed by atoms with van der Waals surface area (Å²) in [7, 11) is 0. The zero-order chi connectivity index (χ0) is 29.3. The number of benzene rings is 1. The van der Waals surface area contributed by atoms with Crippen LogP contribution in [0.5, 0.6) is 0 Å². The molecule has 0 spiro atoms. The number of carbonyl (C=O) groups excluding carboxylic acids is 2. The van der Waals surface area contributed by atoms with Gasteiger partial charge < -0.3 is 26.4 Å². The number of carbonyl (C=O) groups is 4. The Morgan fingerprint density at radius 2 is 1.82 bits per heavy atom. The summed E-state index contributed by atoms with van der Waals surface area (Å²) >= 11 is 0.